The number of rotatable bonds is 6. The quantitative estimate of drug-likeness (QED) is 0.754. The molecule has 2 N–H and O–H groups in total. The van der Waals surface area contributed by atoms with Crippen LogP contribution in [0.4, 0.5) is 0 Å². The minimum absolute atomic E-state index is 0.215. The minimum Gasteiger partial charge on any atom is -0.461 e. The summed E-state index contributed by atoms with van der Waals surface area (Å²) in [6.07, 6.45) is 3.33. The molecule has 1 aliphatic rings. The normalized spacial score (nSPS) is 18.7. The molecular formula is C12H20N4O3. The van der Waals surface area contributed by atoms with Crippen molar-refractivity contribution in [3.63, 3.8) is 0 Å². The highest BCUT2D eigenvalue weighted by Crippen LogP contribution is 2.16. The Bertz CT molecular complexity index is 427. The summed E-state index contributed by atoms with van der Waals surface area (Å²) in [6, 6.07) is 0. The Hall–Kier alpha value is -1.47. The lowest BCUT2D eigenvalue weighted by atomic mass is 10.2. The lowest BCUT2D eigenvalue weighted by Gasteiger charge is -2.10. The van der Waals surface area contributed by atoms with Crippen molar-refractivity contribution in [3.05, 3.63) is 11.4 Å². The molecule has 0 bridgehead atoms. The zero-order valence-corrected chi connectivity index (χ0v) is 11.2. The van der Waals surface area contributed by atoms with Crippen molar-refractivity contribution in [2.45, 2.75) is 45.4 Å². The van der Waals surface area contributed by atoms with Gasteiger partial charge in [-0.25, -0.2) is 9.48 Å². The van der Waals surface area contributed by atoms with Crippen LogP contribution in [0.25, 0.3) is 0 Å². The summed E-state index contributed by atoms with van der Waals surface area (Å²) in [5.74, 6) is -0.466. The molecule has 1 aromatic rings. The van der Waals surface area contributed by atoms with Crippen molar-refractivity contribution in [2.24, 2.45) is 5.73 Å². The molecule has 0 radical (unpaired) electrons. The molecule has 106 valence electrons. The molecular weight excluding hydrogens is 248 g/mol. The predicted molar refractivity (Wildman–Crippen MR) is 67.5 cm³/mol. The average molecular weight is 268 g/mol. The first kappa shape index (κ1) is 14.0. The smallest absolute Gasteiger partial charge is 0.360 e. The lowest BCUT2D eigenvalue weighted by molar-refractivity contribution is 0.0518. The Kier molecular flexibility index (Phi) is 4.86. The number of carbonyl (C=O) groups excluding carboxylic acids is 1. The zero-order chi connectivity index (χ0) is 13.7. The van der Waals surface area contributed by atoms with E-state index in [2.05, 4.69) is 10.3 Å². The van der Waals surface area contributed by atoms with Gasteiger partial charge in [0.1, 0.15) is 0 Å². The number of hydrogen-bond donors (Lipinski definition) is 1. The van der Waals surface area contributed by atoms with E-state index >= 15 is 0 Å². The van der Waals surface area contributed by atoms with E-state index in [1.54, 1.807) is 11.6 Å². The number of hydrogen-bond acceptors (Lipinski definition) is 6. The molecule has 7 heteroatoms. The summed E-state index contributed by atoms with van der Waals surface area (Å²) < 4.78 is 12.2. The molecule has 1 aliphatic heterocycles. The Morgan fingerprint density at radius 3 is 3.11 bits per heavy atom. The fourth-order valence-electron chi connectivity index (χ4n) is 2.21. The average Bonchev–Trinajstić information content (AvgIpc) is 3.05. The molecule has 0 aromatic carbocycles. The summed E-state index contributed by atoms with van der Waals surface area (Å²) in [7, 11) is 0. The molecule has 1 aromatic heterocycles. The van der Waals surface area contributed by atoms with E-state index in [0.29, 0.717) is 18.8 Å². The highest BCUT2D eigenvalue weighted by molar-refractivity contribution is 5.88. The Labute approximate surface area is 112 Å². The van der Waals surface area contributed by atoms with Crippen LogP contribution < -0.4 is 5.73 Å². The van der Waals surface area contributed by atoms with Gasteiger partial charge in [0.05, 0.1) is 18.4 Å². The third kappa shape index (κ3) is 3.30. The summed E-state index contributed by atoms with van der Waals surface area (Å²) >= 11 is 0. The third-order valence-electron chi connectivity index (χ3n) is 3.19. The third-order valence-corrected chi connectivity index (χ3v) is 3.19. The highest BCUT2D eigenvalue weighted by Gasteiger charge is 2.21. The summed E-state index contributed by atoms with van der Waals surface area (Å²) in [5.41, 5.74) is 6.51. The second-order valence-corrected chi connectivity index (χ2v) is 4.46. The number of aromatic nitrogens is 3. The molecule has 0 aliphatic carbocycles. The van der Waals surface area contributed by atoms with Gasteiger partial charge in [-0.1, -0.05) is 5.21 Å². The molecule has 2 rings (SSSR count). The van der Waals surface area contributed by atoms with Gasteiger partial charge in [0.15, 0.2) is 5.69 Å². The first-order valence-electron chi connectivity index (χ1n) is 6.67. The van der Waals surface area contributed by atoms with E-state index in [1.807, 2.05) is 0 Å². The van der Waals surface area contributed by atoms with Crippen molar-refractivity contribution in [1.29, 1.82) is 0 Å². The molecule has 1 atom stereocenters. The maximum absolute atomic E-state index is 11.7. The van der Waals surface area contributed by atoms with Gasteiger partial charge < -0.3 is 15.2 Å². The Morgan fingerprint density at radius 2 is 2.47 bits per heavy atom. The van der Waals surface area contributed by atoms with Crippen molar-refractivity contribution >= 4 is 5.97 Å². The largest absolute Gasteiger partial charge is 0.461 e. The first-order chi connectivity index (χ1) is 9.26. The number of carbonyl (C=O) groups is 1. The molecule has 1 fully saturated rings. The van der Waals surface area contributed by atoms with Gasteiger partial charge >= 0.3 is 5.97 Å². The van der Waals surface area contributed by atoms with Crippen LogP contribution >= 0.6 is 0 Å². The number of ether oxygens (including phenoxy) is 2. The number of nitrogens with zero attached hydrogens (tertiary/aromatic N) is 3. The van der Waals surface area contributed by atoms with Crippen LogP contribution in [0.5, 0.6) is 0 Å². The van der Waals surface area contributed by atoms with Gasteiger partial charge in [-0.3, -0.25) is 0 Å². The predicted octanol–water partition coefficient (Wildman–Crippen LogP) is 0.483. The minimum atomic E-state index is -0.466. The molecule has 1 saturated heterocycles. The van der Waals surface area contributed by atoms with Gasteiger partial charge in [0.2, 0.25) is 0 Å². The standard InChI is InChI=1S/C12H20N4O3/c1-2-18-12(17)11-10(8-13)16(15-14-11)6-5-9-4-3-7-19-9/h9H,2-8,13H2,1H3. The van der Waals surface area contributed by atoms with E-state index in [4.69, 9.17) is 15.2 Å². The second-order valence-electron chi connectivity index (χ2n) is 4.46. The molecule has 0 amide bonds. The fourth-order valence-corrected chi connectivity index (χ4v) is 2.21. The van der Waals surface area contributed by atoms with Crippen LogP contribution in [-0.2, 0) is 22.6 Å². The van der Waals surface area contributed by atoms with Gasteiger partial charge in [-0.2, -0.15) is 0 Å². The van der Waals surface area contributed by atoms with Gasteiger partial charge in [-0.15, -0.1) is 5.10 Å². The van der Waals surface area contributed by atoms with Crippen LogP contribution in [0.15, 0.2) is 0 Å². The Morgan fingerprint density at radius 1 is 1.63 bits per heavy atom. The maximum atomic E-state index is 11.7. The summed E-state index contributed by atoms with van der Waals surface area (Å²) in [4.78, 5) is 11.7. The summed E-state index contributed by atoms with van der Waals surface area (Å²) in [6.45, 7) is 3.77. The molecule has 19 heavy (non-hydrogen) atoms. The van der Waals surface area contributed by atoms with Crippen LogP contribution in [0.3, 0.4) is 0 Å². The highest BCUT2D eigenvalue weighted by atomic mass is 16.5. The molecule has 0 spiro atoms. The molecule has 2 heterocycles. The molecule has 7 nitrogen and oxygen atoms in total. The van der Waals surface area contributed by atoms with Crippen molar-refractivity contribution in [2.75, 3.05) is 13.2 Å². The SMILES string of the molecule is CCOC(=O)c1nnn(CCC2CCCO2)c1CN. The van der Waals surface area contributed by atoms with Crippen molar-refractivity contribution in [1.82, 2.24) is 15.0 Å². The Balaban J connectivity index is 2.01. The molecule has 1 unspecified atom stereocenters. The zero-order valence-electron chi connectivity index (χ0n) is 11.2. The maximum Gasteiger partial charge on any atom is 0.360 e. The first-order valence-corrected chi connectivity index (χ1v) is 6.67. The van der Waals surface area contributed by atoms with Crippen LogP contribution in [0, 0.1) is 0 Å². The van der Waals surface area contributed by atoms with Crippen LogP contribution in [0.1, 0.15) is 42.4 Å². The van der Waals surface area contributed by atoms with Crippen LogP contribution in [0.2, 0.25) is 0 Å². The van der Waals surface area contributed by atoms with Crippen molar-refractivity contribution in [3.8, 4) is 0 Å². The fraction of sp³-hybridized carbons (Fsp3) is 0.750. The van der Waals surface area contributed by atoms with E-state index in [-0.39, 0.29) is 18.3 Å². The van der Waals surface area contributed by atoms with Gasteiger partial charge in [0.25, 0.3) is 0 Å². The van der Waals surface area contributed by atoms with Gasteiger partial charge in [-0.05, 0) is 26.2 Å². The number of aryl methyl sites for hydroxylation is 1. The van der Waals surface area contributed by atoms with E-state index in [9.17, 15) is 4.79 Å². The van der Waals surface area contributed by atoms with E-state index in [0.717, 1.165) is 25.9 Å². The number of esters is 1. The lowest BCUT2D eigenvalue weighted by Crippen LogP contribution is -2.16. The molecule has 0 saturated carbocycles. The monoisotopic (exact) mass is 268 g/mol. The van der Waals surface area contributed by atoms with Crippen molar-refractivity contribution < 1.29 is 14.3 Å². The number of nitrogens with two attached hydrogens (primary N) is 1. The van der Waals surface area contributed by atoms with E-state index < -0.39 is 5.97 Å². The topological polar surface area (TPSA) is 92.3 Å². The van der Waals surface area contributed by atoms with Crippen LogP contribution in [-0.4, -0.2) is 40.3 Å². The summed E-state index contributed by atoms with van der Waals surface area (Å²) in [5, 5.41) is 7.85. The van der Waals surface area contributed by atoms with E-state index in [1.165, 1.54) is 0 Å². The van der Waals surface area contributed by atoms with Gasteiger partial charge in [0, 0.05) is 19.7 Å². The second kappa shape index (κ2) is 6.63.